The van der Waals surface area contributed by atoms with Gasteiger partial charge in [-0.15, -0.1) is 0 Å². The molecule has 1 aromatic heterocycles. The number of halogens is 1. The van der Waals surface area contributed by atoms with Crippen molar-refractivity contribution in [3.8, 4) is 0 Å². The van der Waals surface area contributed by atoms with Gasteiger partial charge in [0.2, 0.25) is 0 Å². The number of nitro benzene ring substituents is 1. The van der Waals surface area contributed by atoms with Crippen molar-refractivity contribution in [2.75, 3.05) is 11.9 Å². The lowest BCUT2D eigenvalue weighted by Crippen LogP contribution is -2.07. The first-order valence-corrected chi connectivity index (χ1v) is 7.03. The van der Waals surface area contributed by atoms with Crippen LogP contribution in [0.15, 0.2) is 35.1 Å². The number of aromatic nitrogens is 2. The summed E-state index contributed by atoms with van der Waals surface area (Å²) >= 11 is 3.36. The molecular weight excluding hydrogens is 324 g/mol. The molecule has 0 aliphatic rings. The van der Waals surface area contributed by atoms with E-state index >= 15 is 0 Å². The molecule has 0 spiro atoms. The highest BCUT2D eigenvalue weighted by Gasteiger charge is 2.13. The van der Waals surface area contributed by atoms with Crippen molar-refractivity contribution in [3.63, 3.8) is 0 Å². The molecule has 7 heteroatoms. The normalized spacial score (nSPS) is 10.5. The van der Waals surface area contributed by atoms with Gasteiger partial charge >= 0.3 is 0 Å². The Morgan fingerprint density at radius 1 is 1.50 bits per heavy atom. The Kier molecular flexibility index (Phi) is 4.73. The summed E-state index contributed by atoms with van der Waals surface area (Å²) in [5.74, 6) is 0. The Morgan fingerprint density at radius 2 is 2.30 bits per heavy atom. The van der Waals surface area contributed by atoms with Crippen molar-refractivity contribution >= 4 is 27.3 Å². The second-order valence-electron chi connectivity index (χ2n) is 4.43. The number of hydrogen-bond donors (Lipinski definition) is 1. The number of aryl methyl sites for hydroxylation is 2. The van der Waals surface area contributed by atoms with E-state index in [2.05, 4.69) is 26.3 Å². The first kappa shape index (κ1) is 14.5. The Morgan fingerprint density at radius 3 is 2.95 bits per heavy atom. The maximum absolute atomic E-state index is 10.8. The number of rotatable bonds is 6. The van der Waals surface area contributed by atoms with Gasteiger partial charge in [-0.1, -0.05) is 0 Å². The van der Waals surface area contributed by atoms with Gasteiger partial charge in [0.25, 0.3) is 5.69 Å². The molecule has 0 amide bonds. The number of anilines is 1. The largest absolute Gasteiger partial charge is 0.384 e. The zero-order valence-corrected chi connectivity index (χ0v) is 12.6. The average Bonchev–Trinajstić information content (AvgIpc) is 2.90. The van der Waals surface area contributed by atoms with Crippen LogP contribution in [-0.2, 0) is 6.54 Å². The van der Waals surface area contributed by atoms with E-state index in [1.807, 2.05) is 16.9 Å². The van der Waals surface area contributed by atoms with Gasteiger partial charge in [0.15, 0.2) is 0 Å². The van der Waals surface area contributed by atoms with Crippen molar-refractivity contribution in [2.45, 2.75) is 19.9 Å². The molecule has 0 bridgehead atoms. The monoisotopic (exact) mass is 338 g/mol. The third-order valence-corrected chi connectivity index (χ3v) is 3.58. The maximum atomic E-state index is 10.8. The van der Waals surface area contributed by atoms with E-state index in [1.54, 1.807) is 19.2 Å². The molecular formula is C13H15BrN4O2. The van der Waals surface area contributed by atoms with Crippen LogP contribution in [0.25, 0.3) is 0 Å². The highest BCUT2D eigenvalue weighted by Crippen LogP contribution is 2.30. The molecule has 1 aromatic carbocycles. The lowest BCUT2D eigenvalue weighted by Gasteiger charge is -2.10. The lowest BCUT2D eigenvalue weighted by molar-refractivity contribution is -0.385. The number of nitrogens with one attached hydrogen (secondary N) is 1. The summed E-state index contributed by atoms with van der Waals surface area (Å²) in [5.41, 5.74) is 1.64. The predicted molar refractivity (Wildman–Crippen MR) is 80.9 cm³/mol. The van der Waals surface area contributed by atoms with E-state index in [0.29, 0.717) is 10.0 Å². The van der Waals surface area contributed by atoms with Gasteiger partial charge in [-0.3, -0.25) is 14.8 Å². The predicted octanol–water partition coefficient (Wildman–Crippen LogP) is 3.36. The van der Waals surface area contributed by atoms with Crippen LogP contribution in [0.5, 0.6) is 0 Å². The molecule has 0 atom stereocenters. The molecule has 0 radical (unpaired) electrons. The summed E-state index contributed by atoms with van der Waals surface area (Å²) in [5, 5.41) is 18.2. The maximum Gasteiger partial charge on any atom is 0.273 e. The highest BCUT2D eigenvalue weighted by molar-refractivity contribution is 9.10. The first-order chi connectivity index (χ1) is 9.58. The minimum absolute atomic E-state index is 0.124. The van der Waals surface area contributed by atoms with Crippen LogP contribution in [0.4, 0.5) is 11.4 Å². The molecule has 0 saturated carbocycles. The van der Waals surface area contributed by atoms with Crippen LogP contribution in [0.2, 0.25) is 0 Å². The SMILES string of the molecule is Cc1cc(NCCCn2cccn2)c(Br)cc1[N+](=O)[O-]. The second kappa shape index (κ2) is 6.51. The van der Waals surface area contributed by atoms with Crippen molar-refractivity contribution in [1.82, 2.24) is 9.78 Å². The van der Waals surface area contributed by atoms with Crippen LogP contribution in [0, 0.1) is 17.0 Å². The summed E-state index contributed by atoms with van der Waals surface area (Å²) in [6, 6.07) is 5.21. The van der Waals surface area contributed by atoms with Gasteiger partial charge in [0, 0.05) is 47.3 Å². The molecule has 1 N–H and O–H groups in total. The molecule has 0 saturated heterocycles. The van der Waals surface area contributed by atoms with Gasteiger partial charge in [-0.05, 0) is 41.4 Å². The Balaban J connectivity index is 1.92. The van der Waals surface area contributed by atoms with Crippen molar-refractivity contribution in [3.05, 3.63) is 50.7 Å². The third-order valence-electron chi connectivity index (χ3n) is 2.92. The van der Waals surface area contributed by atoms with Crippen LogP contribution in [-0.4, -0.2) is 21.2 Å². The molecule has 0 aliphatic heterocycles. The zero-order valence-electron chi connectivity index (χ0n) is 11.0. The number of nitro groups is 1. The topological polar surface area (TPSA) is 73.0 Å². The van der Waals surface area contributed by atoms with Crippen LogP contribution < -0.4 is 5.32 Å². The summed E-state index contributed by atoms with van der Waals surface area (Å²) in [4.78, 5) is 10.5. The zero-order chi connectivity index (χ0) is 14.5. The fraction of sp³-hybridized carbons (Fsp3) is 0.308. The average molecular weight is 339 g/mol. The van der Waals surface area contributed by atoms with Gasteiger partial charge in [0.1, 0.15) is 0 Å². The standard InChI is InChI=1S/C13H15BrN4O2/c1-10-8-12(11(14)9-13(10)18(19)20)15-4-2-6-17-7-3-5-16-17/h3,5,7-9,15H,2,4,6H2,1H3. The molecule has 6 nitrogen and oxygen atoms in total. The van der Waals surface area contributed by atoms with E-state index in [-0.39, 0.29) is 10.6 Å². The third kappa shape index (κ3) is 3.57. The molecule has 20 heavy (non-hydrogen) atoms. The Bertz CT molecular complexity index is 599. The fourth-order valence-electron chi connectivity index (χ4n) is 1.90. The van der Waals surface area contributed by atoms with Crippen LogP contribution in [0.1, 0.15) is 12.0 Å². The van der Waals surface area contributed by atoms with Crippen molar-refractivity contribution in [2.24, 2.45) is 0 Å². The Hall–Kier alpha value is -1.89. The molecule has 0 fully saturated rings. The molecule has 0 unspecified atom stereocenters. The quantitative estimate of drug-likeness (QED) is 0.498. The minimum Gasteiger partial charge on any atom is -0.384 e. The smallest absolute Gasteiger partial charge is 0.273 e. The van der Waals surface area contributed by atoms with E-state index < -0.39 is 0 Å². The van der Waals surface area contributed by atoms with Crippen molar-refractivity contribution in [1.29, 1.82) is 0 Å². The van der Waals surface area contributed by atoms with E-state index in [9.17, 15) is 10.1 Å². The number of hydrogen-bond acceptors (Lipinski definition) is 4. The molecule has 2 aromatic rings. The van der Waals surface area contributed by atoms with E-state index in [1.165, 1.54) is 6.07 Å². The second-order valence-corrected chi connectivity index (χ2v) is 5.28. The number of benzene rings is 1. The van der Waals surface area contributed by atoms with Crippen molar-refractivity contribution < 1.29 is 4.92 Å². The summed E-state index contributed by atoms with van der Waals surface area (Å²) in [7, 11) is 0. The summed E-state index contributed by atoms with van der Waals surface area (Å²) in [6.45, 7) is 3.35. The Labute approximate surface area is 125 Å². The highest BCUT2D eigenvalue weighted by atomic mass is 79.9. The fourth-order valence-corrected chi connectivity index (χ4v) is 2.37. The molecule has 106 valence electrons. The molecule has 2 rings (SSSR count). The van der Waals surface area contributed by atoms with Gasteiger partial charge in [-0.2, -0.15) is 5.10 Å². The first-order valence-electron chi connectivity index (χ1n) is 6.24. The minimum atomic E-state index is -0.373. The lowest BCUT2D eigenvalue weighted by atomic mass is 10.2. The van der Waals surface area contributed by atoms with Crippen LogP contribution >= 0.6 is 15.9 Å². The van der Waals surface area contributed by atoms with E-state index in [4.69, 9.17) is 0 Å². The van der Waals surface area contributed by atoms with Crippen LogP contribution in [0.3, 0.4) is 0 Å². The molecule has 1 heterocycles. The summed E-state index contributed by atoms with van der Waals surface area (Å²) < 4.78 is 2.58. The van der Waals surface area contributed by atoms with Gasteiger partial charge in [-0.25, -0.2) is 0 Å². The van der Waals surface area contributed by atoms with Gasteiger partial charge < -0.3 is 5.32 Å². The van der Waals surface area contributed by atoms with E-state index in [0.717, 1.165) is 25.2 Å². The number of nitrogens with zero attached hydrogens (tertiary/aromatic N) is 3. The van der Waals surface area contributed by atoms with Gasteiger partial charge in [0.05, 0.1) is 4.92 Å². The summed E-state index contributed by atoms with van der Waals surface area (Å²) in [6.07, 6.45) is 4.60. The molecule has 0 aliphatic carbocycles.